The Balaban J connectivity index is 1.82. The van der Waals surface area contributed by atoms with Gasteiger partial charge in [0.15, 0.2) is 11.5 Å². The molecule has 0 saturated heterocycles. The van der Waals surface area contributed by atoms with Crippen molar-refractivity contribution in [2.45, 2.75) is 13.5 Å². The number of benzene rings is 2. The summed E-state index contributed by atoms with van der Waals surface area (Å²) in [6.07, 6.45) is 1.65. The molecular weight excluding hydrogens is 360 g/mol. The molecule has 3 rings (SSSR count). The molecule has 0 N–H and O–H groups in total. The molecule has 0 saturated carbocycles. The number of aryl methyl sites for hydroxylation is 1. The molecule has 28 heavy (non-hydrogen) atoms. The molecule has 3 aromatic rings. The number of hydrogen-bond acceptors (Lipinski definition) is 7. The Morgan fingerprint density at radius 1 is 1.11 bits per heavy atom. The van der Waals surface area contributed by atoms with E-state index in [-0.39, 0.29) is 12.3 Å². The van der Waals surface area contributed by atoms with Crippen LogP contribution in [0.4, 0.5) is 0 Å². The van der Waals surface area contributed by atoms with Crippen molar-refractivity contribution >= 4 is 23.7 Å². The number of tetrazole rings is 1. The molecule has 0 atom stereocenters. The average molecular weight is 378 g/mol. The van der Waals surface area contributed by atoms with Gasteiger partial charge in [0.25, 0.3) is 0 Å². The highest BCUT2D eigenvalue weighted by molar-refractivity contribution is 6.15. The van der Waals surface area contributed by atoms with Gasteiger partial charge in [-0.3, -0.25) is 0 Å². The minimum Gasteiger partial charge on any atom is -0.465 e. The monoisotopic (exact) mass is 378 g/mol. The molecule has 0 fully saturated rings. The van der Waals surface area contributed by atoms with Gasteiger partial charge in [0.05, 0.1) is 12.7 Å². The molecule has 0 aliphatic carbocycles. The zero-order chi connectivity index (χ0) is 19.9. The predicted octanol–water partition coefficient (Wildman–Crippen LogP) is 2.51. The van der Waals surface area contributed by atoms with Gasteiger partial charge in [0, 0.05) is 0 Å². The van der Waals surface area contributed by atoms with Gasteiger partial charge in [0.1, 0.15) is 6.61 Å². The molecule has 1 aromatic heterocycles. The van der Waals surface area contributed by atoms with Crippen molar-refractivity contribution < 1.29 is 19.1 Å². The van der Waals surface area contributed by atoms with Crippen molar-refractivity contribution in [3.8, 4) is 0 Å². The number of rotatable bonds is 6. The Bertz CT molecular complexity index is 1010. The first-order valence-electron chi connectivity index (χ1n) is 8.45. The number of aromatic nitrogens is 4. The van der Waals surface area contributed by atoms with Crippen LogP contribution >= 0.6 is 0 Å². The summed E-state index contributed by atoms with van der Waals surface area (Å²) in [7, 11) is 1.31. The number of carbonyl (C=O) groups is 2. The van der Waals surface area contributed by atoms with Crippen LogP contribution in [0.2, 0.25) is 0 Å². The van der Waals surface area contributed by atoms with Crippen LogP contribution in [0.1, 0.15) is 27.3 Å². The number of nitrogens with zero attached hydrogens (tertiary/aromatic N) is 4. The maximum Gasteiger partial charge on any atom is 0.357 e. The van der Waals surface area contributed by atoms with Crippen molar-refractivity contribution in [3.05, 3.63) is 77.1 Å². The highest BCUT2D eigenvalue weighted by atomic mass is 16.5. The van der Waals surface area contributed by atoms with Gasteiger partial charge in [0.2, 0.25) is 0 Å². The normalized spacial score (nSPS) is 11.1. The number of ether oxygens (including phenoxy) is 2. The molecule has 0 unspecified atom stereocenters. The average Bonchev–Trinajstić information content (AvgIpc) is 3.16. The van der Waals surface area contributed by atoms with E-state index < -0.39 is 11.9 Å². The number of carbonyl (C=O) groups excluding carboxylic acids is 2. The summed E-state index contributed by atoms with van der Waals surface area (Å²) in [6.45, 7) is 1.67. The van der Waals surface area contributed by atoms with Crippen molar-refractivity contribution in [2.24, 2.45) is 0 Å². The summed E-state index contributed by atoms with van der Waals surface area (Å²) in [4.78, 5) is 24.4. The van der Waals surface area contributed by atoms with Gasteiger partial charge in [-0.25, -0.2) is 9.59 Å². The van der Waals surface area contributed by atoms with Gasteiger partial charge in [-0.05, 0) is 46.7 Å². The van der Waals surface area contributed by atoms with Crippen molar-refractivity contribution in [2.75, 3.05) is 7.11 Å². The van der Waals surface area contributed by atoms with Gasteiger partial charge in [-0.15, -0.1) is 5.10 Å². The zero-order valence-electron chi connectivity index (χ0n) is 15.4. The molecule has 0 aliphatic rings. The van der Waals surface area contributed by atoms with E-state index in [1.165, 1.54) is 11.8 Å². The van der Waals surface area contributed by atoms with Crippen molar-refractivity contribution in [1.29, 1.82) is 0 Å². The summed E-state index contributed by atoms with van der Waals surface area (Å²) in [5.41, 5.74) is 2.02. The third-order valence-electron chi connectivity index (χ3n) is 3.88. The highest BCUT2D eigenvalue weighted by Crippen LogP contribution is 2.15. The smallest absolute Gasteiger partial charge is 0.357 e. The standard InChI is InChI=1S/C20H18N4O4/c1-14-21-22-23-24(14)18(12-15-7-4-3-5-8-15)20(26)28-13-16-9-6-10-17(11-16)19(25)27-2/h3-12H,13H2,1-2H3/b18-12-. The van der Waals surface area contributed by atoms with Crippen LogP contribution in [-0.2, 0) is 20.9 Å². The summed E-state index contributed by atoms with van der Waals surface area (Å²) >= 11 is 0. The van der Waals surface area contributed by atoms with Crippen LogP contribution in [-0.4, -0.2) is 39.3 Å². The maximum atomic E-state index is 12.7. The first-order chi connectivity index (χ1) is 13.6. The molecule has 2 aromatic carbocycles. The molecule has 0 radical (unpaired) electrons. The largest absolute Gasteiger partial charge is 0.465 e. The zero-order valence-corrected chi connectivity index (χ0v) is 15.4. The second kappa shape index (κ2) is 8.72. The third kappa shape index (κ3) is 4.47. The maximum absolute atomic E-state index is 12.7. The van der Waals surface area contributed by atoms with E-state index in [0.717, 1.165) is 5.56 Å². The highest BCUT2D eigenvalue weighted by Gasteiger charge is 2.18. The Labute approximate surface area is 161 Å². The number of methoxy groups -OCH3 is 1. The second-order valence-electron chi connectivity index (χ2n) is 5.85. The lowest BCUT2D eigenvalue weighted by molar-refractivity contribution is -0.138. The lowest BCUT2D eigenvalue weighted by Crippen LogP contribution is -2.15. The lowest BCUT2D eigenvalue weighted by Gasteiger charge is -2.10. The fourth-order valence-corrected chi connectivity index (χ4v) is 2.50. The molecule has 0 bridgehead atoms. The van der Waals surface area contributed by atoms with E-state index >= 15 is 0 Å². The minimum atomic E-state index is -0.595. The Kier molecular flexibility index (Phi) is 5.91. The SMILES string of the molecule is COC(=O)c1cccc(COC(=O)/C(=C/c2ccccc2)n2nnnc2C)c1. The van der Waals surface area contributed by atoms with Crippen molar-refractivity contribution in [1.82, 2.24) is 20.2 Å². The number of esters is 2. The van der Waals surface area contributed by atoms with E-state index in [0.29, 0.717) is 17.0 Å². The van der Waals surface area contributed by atoms with E-state index in [9.17, 15) is 9.59 Å². The van der Waals surface area contributed by atoms with E-state index in [1.807, 2.05) is 30.3 Å². The third-order valence-corrected chi connectivity index (χ3v) is 3.88. The Morgan fingerprint density at radius 3 is 2.57 bits per heavy atom. The van der Waals surface area contributed by atoms with Crippen LogP contribution in [0.25, 0.3) is 11.8 Å². The molecule has 1 heterocycles. The topological polar surface area (TPSA) is 96.2 Å². The van der Waals surface area contributed by atoms with E-state index in [2.05, 4.69) is 15.5 Å². The molecular formula is C20H18N4O4. The van der Waals surface area contributed by atoms with E-state index in [1.54, 1.807) is 37.3 Å². The molecule has 0 aliphatic heterocycles. The molecule has 0 amide bonds. The quantitative estimate of drug-likeness (QED) is 0.480. The Hall–Kier alpha value is -3.81. The van der Waals surface area contributed by atoms with Crippen LogP contribution < -0.4 is 0 Å². The first kappa shape index (κ1) is 19.0. The lowest BCUT2D eigenvalue weighted by atomic mass is 10.1. The van der Waals surface area contributed by atoms with E-state index in [4.69, 9.17) is 9.47 Å². The van der Waals surface area contributed by atoms with Crippen molar-refractivity contribution in [3.63, 3.8) is 0 Å². The van der Waals surface area contributed by atoms with Crippen LogP contribution in [0, 0.1) is 6.92 Å². The summed E-state index contributed by atoms with van der Waals surface area (Å²) in [5, 5.41) is 11.3. The molecule has 0 spiro atoms. The summed E-state index contributed by atoms with van der Waals surface area (Å²) in [5.74, 6) is -0.600. The number of hydrogen-bond donors (Lipinski definition) is 0. The fourth-order valence-electron chi connectivity index (χ4n) is 2.50. The predicted molar refractivity (Wildman–Crippen MR) is 101 cm³/mol. The first-order valence-corrected chi connectivity index (χ1v) is 8.45. The molecule has 8 heteroatoms. The van der Waals surface area contributed by atoms with Gasteiger partial charge < -0.3 is 9.47 Å². The van der Waals surface area contributed by atoms with Gasteiger partial charge >= 0.3 is 11.9 Å². The van der Waals surface area contributed by atoms with Crippen LogP contribution in [0.15, 0.2) is 54.6 Å². The van der Waals surface area contributed by atoms with Gasteiger partial charge in [-0.1, -0.05) is 42.5 Å². The van der Waals surface area contributed by atoms with Crippen LogP contribution in [0.3, 0.4) is 0 Å². The second-order valence-corrected chi connectivity index (χ2v) is 5.85. The summed E-state index contributed by atoms with van der Waals surface area (Å²) in [6, 6.07) is 16.0. The summed E-state index contributed by atoms with van der Waals surface area (Å²) < 4.78 is 11.5. The van der Waals surface area contributed by atoms with Gasteiger partial charge in [-0.2, -0.15) is 4.68 Å². The fraction of sp³-hybridized carbons (Fsp3) is 0.150. The van der Waals surface area contributed by atoms with Crippen LogP contribution in [0.5, 0.6) is 0 Å². The minimum absolute atomic E-state index is 0.0169. The molecule has 142 valence electrons. The molecule has 8 nitrogen and oxygen atoms in total. The Morgan fingerprint density at radius 2 is 1.89 bits per heavy atom.